The van der Waals surface area contributed by atoms with Crippen molar-refractivity contribution < 1.29 is 19.1 Å². The number of fused-ring (bicyclic) bond motifs is 1. The Morgan fingerprint density at radius 3 is 2.29 bits per heavy atom. The average molecular weight is 562 g/mol. The van der Waals surface area contributed by atoms with Crippen molar-refractivity contribution in [1.82, 2.24) is 10.2 Å². The lowest BCUT2D eigenvalue weighted by Gasteiger charge is -2.40. The smallest absolute Gasteiger partial charge is 0.246 e. The first-order chi connectivity index (χ1) is 19.7. The number of likely N-dealkylation sites (tertiary alicyclic amines) is 1. The molecule has 41 heavy (non-hydrogen) atoms. The highest BCUT2D eigenvalue weighted by Crippen LogP contribution is 2.56. The number of benzene rings is 1. The molecular weight excluding hydrogens is 514 g/mol. The molecular formula is C34H47N3O4. The fraction of sp³-hybridized carbons (Fsp3) is 0.676. The second-order valence-electron chi connectivity index (χ2n) is 13.7. The van der Waals surface area contributed by atoms with E-state index in [2.05, 4.69) is 30.5 Å². The lowest BCUT2D eigenvalue weighted by molar-refractivity contribution is -0.144. The van der Waals surface area contributed by atoms with Gasteiger partial charge in [0, 0.05) is 17.8 Å². The molecule has 4 fully saturated rings. The fourth-order valence-corrected chi connectivity index (χ4v) is 8.63. The van der Waals surface area contributed by atoms with Gasteiger partial charge in [-0.3, -0.25) is 14.4 Å². The van der Waals surface area contributed by atoms with Crippen LogP contribution in [-0.4, -0.2) is 52.5 Å². The molecule has 2 N–H and O–H groups in total. The third-order valence-electron chi connectivity index (χ3n) is 10.9. The highest BCUT2D eigenvalue weighted by molar-refractivity contribution is 6.03. The normalized spacial score (nSPS) is 37.0. The fourth-order valence-electron chi connectivity index (χ4n) is 8.63. The molecule has 1 spiro atoms. The number of anilines is 1. The van der Waals surface area contributed by atoms with Gasteiger partial charge in [-0.1, -0.05) is 77.0 Å². The summed E-state index contributed by atoms with van der Waals surface area (Å²) in [6, 6.07) is 5.28. The third-order valence-corrected chi connectivity index (χ3v) is 10.9. The predicted octanol–water partition coefficient (Wildman–Crippen LogP) is 5.45. The second kappa shape index (κ2) is 11.2. The molecule has 1 aromatic rings. The van der Waals surface area contributed by atoms with Crippen molar-refractivity contribution in [1.29, 1.82) is 0 Å². The molecule has 2 aliphatic carbocycles. The van der Waals surface area contributed by atoms with Gasteiger partial charge in [-0.15, -0.1) is 0 Å². The summed E-state index contributed by atoms with van der Waals surface area (Å²) in [5.74, 6) is -0.867. The molecule has 222 valence electrons. The number of carbonyl (C=O) groups excluding carboxylic acids is 3. The zero-order valence-corrected chi connectivity index (χ0v) is 25.2. The molecule has 0 unspecified atom stereocenters. The van der Waals surface area contributed by atoms with Crippen molar-refractivity contribution in [3.63, 3.8) is 0 Å². The van der Waals surface area contributed by atoms with Crippen LogP contribution in [0.25, 0.3) is 0 Å². The number of rotatable bonds is 5. The van der Waals surface area contributed by atoms with Crippen LogP contribution in [0.5, 0.6) is 0 Å². The molecule has 2 saturated carbocycles. The lowest BCUT2D eigenvalue weighted by atomic mass is 9.73. The monoisotopic (exact) mass is 561 g/mol. The van der Waals surface area contributed by atoms with Crippen molar-refractivity contribution in [2.75, 3.05) is 5.32 Å². The molecule has 3 heterocycles. The maximum absolute atomic E-state index is 14.5. The van der Waals surface area contributed by atoms with Crippen LogP contribution in [0.15, 0.2) is 30.4 Å². The summed E-state index contributed by atoms with van der Waals surface area (Å²) in [5, 5.41) is 6.49. The average Bonchev–Trinajstić information content (AvgIpc) is 3.53. The molecule has 5 aliphatic rings. The Morgan fingerprint density at radius 2 is 1.59 bits per heavy atom. The minimum atomic E-state index is -1.11. The Hall–Kier alpha value is -2.67. The summed E-state index contributed by atoms with van der Waals surface area (Å²) in [4.78, 5) is 44.6. The largest absolute Gasteiger partial charge is 0.359 e. The van der Waals surface area contributed by atoms with Gasteiger partial charge >= 0.3 is 0 Å². The molecule has 3 amide bonds. The Morgan fingerprint density at radius 1 is 0.902 bits per heavy atom. The SMILES string of the molecule is Cc1cc(C)cc(NC(=O)[C@@H]2[C@@H]3C=C[C@]4(O3)[C@@H]2C(=O)N(C2CCCCCCC2)[C@H]4C(=O)N[C@@H]2CCC[C@H](C)[C@@H]2C)c1. The van der Waals surface area contributed by atoms with E-state index in [4.69, 9.17) is 4.74 Å². The standard InChI is InChI=1S/C34H47N3O4/c1-20-17-21(2)19-24(18-20)35-31(38)28-27-15-16-34(41-27)29(28)33(40)37(25-12-8-6-5-7-9-13-25)30(34)32(39)36-26-14-10-11-22(3)23(26)4/h15-19,22-23,25-30H,5-14H2,1-4H3,(H,35,38)(H,36,39)/t22-,23-,26+,27-,28+,29-,30-,34-/m0/s1. The second-order valence-corrected chi connectivity index (χ2v) is 13.7. The van der Waals surface area contributed by atoms with Gasteiger partial charge < -0.3 is 20.3 Å². The van der Waals surface area contributed by atoms with Crippen molar-refractivity contribution in [2.24, 2.45) is 23.7 Å². The predicted molar refractivity (Wildman–Crippen MR) is 159 cm³/mol. The van der Waals surface area contributed by atoms with Crippen LogP contribution in [0.3, 0.4) is 0 Å². The van der Waals surface area contributed by atoms with E-state index in [1.165, 1.54) is 12.8 Å². The molecule has 0 radical (unpaired) electrons. The van der Waals surface area contributed by atoms with Crippen LogP contribution in [0.2, 0.25) is 0 Å². The van der Waals surface area contributed by atoms with Crippen LogP contribution < -0.4 is 10.6 Å². The molecule has 3 aliphatic heterocycles. The van der Waals surface area contributed by atoms with E-state index in [-0.39, 0.29) is 29.8 Å². The van der Waals surface area contributed by atoms with E-state index in [0.717, 1.165) is 68.2 Å². The van der Waals surface area contributed by atoms with Crippen LogP contribution in [0, 0.1) is 37.5 Å². The van der Waals surface area contributed by atoms with Gasteiger partial charge in [0.1, 0.15) is 11.6 Å². The first kappa shape index (κ1) is 28.4. The van der Waals surface area contributed by atoms with Gasteiger partial charge in [0.2, 0.25) is 17.7 Å². The maximum Gasteiger partial charge on any atom is 0.246 e. The van der Waals surface area contributed by atoms with Crippen LogP contribution in [-0.2, 0) is 19.1 Å². The maximum atomic E-state index is 14.5. The van der Waals surface area contributed by atoms with Crippen molar-refractivity contribution in [2.45, 2.75) is 122 Å². The summed E-state index contributed by atoms with van der Waals surface area (Å²) in [5.41, 5.74) is 1.75. The topological polar surface area (TPSA) is 87.7 Å². The molecule has 1 aromatic carbocycles. The Kier molecular flexibility index (Phi) is 7.77. The van der Waals surface area contributed by atoms with Gasteiger partial charge in [-0.25, -0.2) is 0 Å². The first-order valence-electron chi connectivity index (χ1n) is 16.1. The molecule has 8 atom stereocenters. The number of amides is 3. The van der Waals surface area contributed by atoms with E-state index < -0.39 is 29.6 Å². The summed E-state index contributed by atoms with van der Waals surface area (Å²) >= 11 is 0. The quantitative estimate of drug-likeness (QED) is 0.468. The number of carbonyl (C=O) groups is 3. The van der Waals surface area contributed by atoms with Gasteiger partial charge in [-0.05, 0) is 68.2 Å². The highest BCUT2D eigenvalue weighted by Gasteiger charge is 2.73. The molecule has 6 rings (SSSR count). The van der Waals surface area contributed by atoms with Crippen LogP contribution >= 0.6 is 0 Å². The number of ether oxygens (including phenoxy) is 1. The van der Waals surface area contributed by atoms with E-state index in [0.29, 0.717) is 11.8 Å². The van der Waals surface area contributed by atoms with Gasteiger partial charge in [-0.2, -0.15) is 0 Å². The van der Waals surface area contributed by atoms with Crippen LogP contribution in [0.1, 0.15) is 89.2 Å². The van der Waals surface area contributed by atoms with Gasteiger partial charge in [0.05, 0.1) is 17.9 Å². The van der Waals surface area contributed by atoms with Crippen LogP contribution in [0.4, 0.5) is 5.69 Å². The number of hydrogen-bond acceptors (Lipinski definition) is 4. The first-order valence-corrected chi connectivity index (χ1v) is 16.1. The third kappa shape index (κ3) is 5.02. The number of aryl methyl sites for hydroxylation is 2. The number of nitrogens with one attached hydrogen (secondary N) is 2. The zero-order chi connectivity index (χ0) is 28.9. The minimum absolute atomic E-state index is 0.0135. The van der Waals surface area contributed by atoms with E-state index >= 15 is 0 Å². The summed E-state index contributed by atoms with van der Waals surface area (Å²) in [6.45, 7) is 8.51. The Balaban J connectivity index is 1.33. The highest BCUT2D eigenvalue weighted by atomic mass is 16.5. The molecule has 7 nitrogen and oxygen atoms in total. The minimum Gasteiger partial charge on any atom is -0.359 e. The summed E-state index contributed by atoms with van der Waals surface area (Å²) < 4.78 is 6.63. The molecule has 2 bridgehead atoms. The van der Waals surface area contributed by atoms with Crippen molar-refractivity contribution in [3.8, 4) is 0 Å². The number of hydrogen-bond donors (Lipinski definition) is 2. The summed E-state index contributed by atoms with van der Waals surface area (Å²) in [7, 11) is 0. The van der Waals surface area contributed by atoms with Gasteiger partial charge in [0.15, 0.2) is 0 Å². The van der Waals surface area contributed by atoms with E-state index in [1.54, 1.807) is 0 Å². The van der Waals surface area contributed by atoms with E-state index in [9.17, 15) is 14.4 Å². The Bertz CT molecular complexity index is 1200. The van der Waals surface area contributed by atoms with Crippen molar-refractivity contribution >= 4 is 23.4 Å². The van der Waals surface area contributed by atoms with Gasteiger partial charge in [0.25, 0.3) is 0 Å². The molecule has 0 aromatic heterocycles. The summed E-state index contributed by atoms with van der Waals surface area (Å²) in [6.07, 6.45) is 14.0. The zero-order valence-electron chi connectivity index (χ0n) is 25.2. The molecule has 2 saturated heterocycles. The number of nitrogens with zero attached hydrogens (tertiary/aromatic N) is 1. The lowest BCUT2D eigenvalue weighted by Crippen LogP contribution is -2.59. The van der Waals surface area contributed by atoms with Crippen molar-refractivity contribution in [3.05, 3.63) is 41.5 Å². The van der Waals surface area contributed by atoms with E-state index in [1.807, 2.05) is 43.0 Å². The Labute approximate surface area is 244 Å². The molecule has 7 heteroatoms.